The largest absolute Gasteiger partial charge is 0.383 e. The van der Waals surface area contributed by atoms with Crippen LogP contribution in [0.15, 0.2) is 36.7 Å². The number of benzene rings is 1. The van der Waals surface area contributed by atoms with Crippen molar-refractivity contribution in [2.45, 2.75) is 13.5 Å². The van der Waals surface area contributed by atoms with E-state index >= 15 is 0 Å². The highest BCUT2D eigenvalue weighted by molar-refractivity contribution is 5.61. The minimum atomic E-state index is 0.873. The molecular weight excluding hydrogens is 224 g/mol. The Labute approximate surface area is 108 Å². The van der Waals surface area contributed by atoms with Crippen LogP contribution < -0.4 is 10.2 Å². The van der Waals surface area contributed by atoms with E-state index in [0.717, 1.165) is 18.8 Å². The third-order valence-corrected chi connectivity index (χ3v) is 2.92. The minimum absolute atomic E-state index is 0.873. The zero-order valence-electron chi connectivity index (χ0n) is 11.2. The number of hydrogen-bond acceptors (Lipinski definition) is 3. The number of nitrogens with one attached hydrogen (secondary N) is 1. The summed E-state index contributed by atoms with van der Waals surface area (Å²) < 4.78 is 1.92. The molecule has 0 bridgehead atoms. The smallest absolute Gasteiger partial charge is 0.0582 e. The van der Waals surface area contributed by atoms with Gasteiger partial charge < -0.3 is 10.2 Å². The van der Waals surface area contributed by atoms with Crippen LogP contribution in [0.25, 0.3) is 0 Å². The van der Waals surface area contributed by atoms with Crippen LogP contribution in [0.4, 0.5) is 11.4 Å². The van der Waals surface area contributed by atoms with Gasteiger partial charge in [0.15, 0.2) is 0 Å². The fraction of sp³-hybridized carbons (Fsp3) is 0.357. The molecule has 96 valence electrons. The number of hydrogen-bond donors (Lipinski definition) is 1. The number of nitrogens with zero attached hydrogens (tertiary/aromatic N) is 3. The Morgan fingerprint density at radius 1 is 1.33 bits per heavy atom. The third-order valence-electron chi connectivity index (χ3n) is 2.92. The fourth-order valence-electron chi connectivity index (χ4n) is 1.95. The maximum Gasteiger partial charge on any atom is 0.0582 e. The molecule has 0 aliphatic rings. The lowest BCUT2D eigenvalue weighted by molar-refractivity contribution is 0.638. The molecule has 0 aliphatic heterocycles. The summed E-state index contributed by atoms with van der Waals surface area (Å²) in [6.45, 7) is 3.87. The van der Waals surface area contributed by atoms with Crippen molar-refractivity contribution in [2.24, 2.45) is 0 Å². The average Bonchev–Trinajstić information content (AvgIpc) is 2.84. The normalized spacial score (nSPS) is 10.4. The minimum Gasteiger partial charge on any atom is -0.383 e. The van der Waals surface area contributed by atoms with E-state index in [1.165, 1.54) is 11.3 Å². The van der Waals surface area contributed by atoms with Gasteiger partial charge in [-0.3, -0.25) is 4.68 Å². The number of aromatic nitrogens is 2. The fourth-order valence-corrected chi connectivity index (χ4v) is 1.95. The lowest BCUT2D eigenvalue weighted by Gasteiger charge is -2.17. The Morgan fingerprint density at radius 3 is 2.83 bits per heavy atom. The molecule has 2 rings (SSSR count). The Kier molecular flexibility index (Phi) is 3.87. The van der Waals surface area contributed by atoms with Gasteiger partial charge in [0.05, 0.1) is 6.54 Å². The van der Waals surface area contributed by atoms with E-state index in [1.54, 1.807) is 6.20 Å². The molecule has 0 atom stereocenters. The molecule has 0 unspecified atom stereocenters. The second-order valence-electron chi connectivity index (χ2n) is 4.59. The van der Waals surface area contributed by atoms with Crippen molar-refractivity contribution in [2.75, 3.05) is 30.9 Å². The average molecular weight is 244 g/mol. The van der Waals surface area contributed by atoms with Crippen LogP contribution in [0.5, 0.6) is 0 Å². The summed E-state index contributed by atoms with van der Waals surface area (Å²) in [5.41, 5.74) is 3.69. The molecule has 2 aromatic rings. The van der Waals surface area contributed by atoms with Crippen molar-refractivity contribution in [1.29, 1.82) is 0 Å². The molecule has 1 aromatic heterocycles. The highest BCUT2D eigenvalue weighted by Crippen LogP contribution is 2.22. The summed E-state index contributed by atoms with van der Waals surface area (Å²) in [6.07, 6.45) is 3.78. The molecule has 18 heavy (non-hydrogen) atoms. The van der Waals surface area contributed by atoms with Crippen LogP contribution in [-0.4, -0.2) is 30.4 Å². The van der Waals surface area contributed by atoms with Crippen LogP contribution >= 0.6 is 0 Å². The first-order chi connectivity index (χ1) is 8.66. The quantitative estimate of drug-likeness (QED) is 0.876. The van der Waals surface area contributed by atoms with Crippen LogP contribution in [-0.2, 0) is 6.54 Å². The third kappa shape index (κ3) is 3.03. The van der Waals surface area contributed by atoms with Gasteiger partial charge in [0, 0.05) is 44.4 Å². The highest BCUT2D eigenvalue weighted by Gasteiger charge is 2.02. The molecule has 1 N–H and O–H groups in total. The Hall–Kier alpha value is -1.97. The van der Waals surface area contributed by atoms with Crippen molar-refractivity contribution in [3.05, 3.63) is 42.2 Å². The van der Waals surface area contributed by atoms with E-state index in [1.807, 2.05) is 16.9 Å². The van der Waals surface area contributed by atoms with E-state index in [4.69, 9.17) is 0 Å². The summed E-state index contributed by atoms with van der Waals surface area (Å²) in [6, 6.07) is 8.38. The molecule has 1 aromatic carbocycles. The predicted molar refractivity (Wildman–Crippen MR) is 76.2 cm³/mol. The molecule has 0 saturated heterocycles. The van der Waals surface area contributed by atoms with Crippen LogP contribution in [0, 0.1) is 6.92 Å². The first-order valence-corrected chi connectivity index (χ1v) is 6.16. The molecule has 0 spiro atoms. The zero-order valence-corrected chi connectivity index (χ0v) is 11.2. The maximum atomic E-state index is 4.18. The first-order valence-electron chi connectivity index (χ1n) is 6.16. The topological polar surface area (TPSA) is 33.1 Å². The molecule has 0 radical (unpaired) electrons. The van der Waals surface area contributed by atoms with Gasteiger partial charge in [0.2, 0.25) is 0 Å². The van der Waals surface area contributed by atoms with Gasteiger partial charge in [-0.05, 0) is 30.7 Å². The van der Waals surface area contributed by atoms with E-state index in [-0.39, 0.29) is 0 Å². The zero-order chi connectivity index (χ0) is 13.0. The van der Waals surface area contributed by atoms with Gasteiger partial charge in [0.1, 0.15) is 0 Å². The molecule has 0 fully saturated rings. The second-order valence-corrected chi connectivity index (χ2v) is 4.59. The number of rotatable bonds is 5. The van der Waals surface area contributed by atoms with Crippen molar-refractivity contribution in [3.63, 3.8) is 0 Å². The van der Waals surface area contributed by atoms with Crippen molar-refractivity contribution in [1.82, 2.24) is 9.78 Å². The van der Waals surface area contributed by atoms with E-state index in [0.29, 0.717) is 0 Å². The molecule has 0 saturated carbocycles. The molecule has 4 nitrogen and oxygen atoms in total. The van der Waals surface area contributed by atoms with Crippen LogP contribution in [0.1, 0.15) is 5.56 Å². The van der Waals surface area contributed by atoms with E-state index < -0.39 is 0 Å². The second kappa shape index (κ2) is 5.58. The summed E-state index contributed by atoms with van der Waals surface area (Å²) in [7, 11) is 4.13. The summed E-state index contributed by atoms with van der Waals surface area (Å²) in [4.78, 5) is 2.13. The van der Waals surface area contributed by atoms with Gasteiger partial charge >= 0.3 is 0 Å². The predicted octanol–water partition coefficient (Wildman–Crippen LogP) is 2.37. The Morgan fingerprint density at radius 2 is 2.17 bits per heavy atom. The lowest BCUT2D eigenvalue weighted by atomic mass is 10.1. The highest BCUT2D eigenvalue weighted by atomic mass is 15.3. The summed E-state index contributed by atoms with van der Waals surface area (Å²) >= 11 is 0. The van der Waals surface area contributed by atoms with Crippen molar-refractivity contribution in [3.8, 4) is 0 Å². The van der Waals surface area contributed by atoms with E-state index in [2.05, 4.69) is 54.5 Å². The Bertz CT molecular complexity index is 489. The summed E-state index contributed by atoms with van der Waals surface area (Å²) in [5, 5.41) is 7.59. The first kappa shape index (κ1) is 12.5. The van der Waals surface area contributed by atoms with Crippen LogP contribution in [0.3, 0.4) is 0 Å². The molecular formula is C14H20N4. The monoisotopic (exact) mass is 244 g/mol. The van der Waals surface area contributed by atoms with Gasteiger partial charge in [0.25, 0.3) is 0 Å². The van der Waals surface area contributed by atoms with Gasteiger partial charge in [-0.25, -0.2) is 0 Å². The van der Waals surface area contributed by atoms with Gasteiger partial charge in [-0.1, -0.05) is 6.07 Å². The van der Waals surface area contributed by atoms with Gasteiger partial charge in [-0.2, -0.15) is 5.10 Å². The van der Waals surface area contributed by atoms with Crippen molar-refractivity contribution < 1.29 is 0 Å². The standard InChI is InChI=1S/C14H20N4/c1-12-5-6-13(11-14(12)17(2)3)15-8-10-18-9-4-7-16-18/h4-7,9,11,15H,8,10H2,1-3H3. The number of aryl methyl sites for hydroxylation is 1. The molecule has 1 heterocycles. The summed E-state index contributed by atoms with van der Waals surface area (Å²) in [5.74, 6) is 0. The van der Waals surface area contributed by atoms with Gasteiger partial charge in [-0.15, -0.1) is 0 Å². The molecule has 0 amide bonds. The maximum absolute atomic E-state index is 4.18. The SMILES string of the molecule is Cc1ccc(NCCn2cccn2)cc1N(C)C. The molecule has 0 aliphatic carbocycles. The molecule has 4 heteroatoms. The van der Waals surface area contributed by atoms with E-state index in [9.17, 15) is 0 Å². The number of anilines is 2. The lowest BCUT2D eigenvalue weighted by Crippen LogP contribution is -2.13. The Balaban J connectivity index is 1.95. The van der Waals surface area contributed by atoms with Crippen molar-refractivity contribution >= 4 is 11.4 Å². The van der Waals surface area contributed by atoms with Crippen LogP contribution in [0.2, 0.25) is 0 Å².